The van der Waals surface area contributed by atoms with Crippen LogP contribution in [-0.4, -0.2) is 20.9 Å². The summed E-state index contributed by atoms with van der Waals surface area (Å²) in [6.45, 7) is 0.698. The third kappa shape index (κ3) is 3.51. The van der Waals surface area contributed by atoms with Crippen molar-refractivity contribution in [2.45, 2.75) is 17.9 Å². The lowest BCUT2D eigenvalue weighted by atomic mass is 10.1. The van der Waals surface area contributed by atoms with Gasteiger partial charge in [0.1, 0.15) is 5.76 Å². The first kappa shape index (κ1) is 17.5. The number of anilines is 1. The minimum Gasteiger partial charge on any atom is -0.468 e. The number of sulfonamides is 1. The highest BCUT2D eigenvalue weighted by Crippen LogP contribution is 2.29. The average Bonchev–Trinajstić information content (AvgIpc) is 3.36. The fourth-order valence-corrected chi connectivity index (χ4v) is 4.14. The normalized spacial score (nSPS) is 13.6. The molecule has 138 valence electrons. The van der Waals surface area contributed by atoms with Crippen molar-refractivity contribution in [2.24, 2.45) is 0 Å². The fourth-order valence-electron chi connectivity index (χ4n) is 3.14. The highest BCUT2D eigenvalue weighted by Gasteiger charge is 2.25. The smallest absolute Gasteiger partial charge is 0.258 e. The lowest BCUT2D eigenvalue weighted by molar-refractivity contribution is 0.0989. The number of nitrogens with zero attached hydrogens (tertiary/aromatic N) is 1. The van der Waals surface area contributed by atoms with Crippen LogP contribution in [0.2, 0.25) is 0 Å². The summed E-state index contributed by atoms with van der Waals surface area (Å²) in [6, 6.07) is 17.2. The van der Waals surface area contributed by atoms with E-state index >= 15 is 0 Å². The minimum atomic E-state index is -3.68. The molecule has 1 aliphatic heterocycles. The summed E-state index contributed by atoms with van der Waals surface area (Å²) in [5, 5.41) is 0. The van der Waals surface area contributed by atoms with E-state index in [1.54, 1.807) is 29.2 Å². The van der Waals surface area contributed by atoms with Crippen molar-refractivity contribution < 1.29 is 17.6 Å². The van der Waals surface area contributed by atoms with Crippen LogP contribution in [0.4, 0.5) is 5.69 Å². The van der Waals surface area contributed by atoms with E-state index in [4.69, 9.17) is 4.42 Å². The first-order chi connectivity index (χ1) is 13.0. The fraction of sp³-hybridized carbons (Fsp3) is 0.150. The minimum absolute atomic E-state index is 0.0700. The maximum absolute atomic E-state index is 12.8. The van der Waals surface area contributed by atoms with Gasteiger partial charge in [0.15, 0.2) is 0 Å². The molecule has 0 atom stereocenters. The van der Waals surface area contributed by atoms with Crippen LogP contribution in [0.25, 0.3) is 0 Å². The third-order valence-electron chi connectivity index (χ3n) is 4.56. The summed E-state index contributed by atoms with van der Waals surface area (Å²) in [5.74, 6) is 0.394. The Morgan fingerprint density at radius 2 is 1.81 bits per heavy atom. The van der Waals surface area contributed by atoms with Crippen molar-refractivity contribution >= 4 is 21.6 Å². The lowest BCUT2D eigenvalue weighted by Crippen LogP contribution is -2.29. The highest BCUT2D eigenvalue weighted by atomic mass is 32.2. The van der Waals surface area contributed by atoms with Crippen molar-refractivity contribution in [1.29, 1.82) is 0 Å². The summed E-state index contributed by atoms with van der Waals surface area (Å²) < 4.78 is 32.4. The van der Waals surface area contributed by atoms with Crippen LogP contribution in [0, 0.1) is 0 Å². The SMILES string of the molecule is O=C(c1ccc(S(=O)(=O)NCc2ccco2)cc1)N1CCc2ccccc21. The Hall–Kier alpha value is -2.90. The van der Waals surface area contributed by atoms with Gasteiger partial charge in [-0.2, -0.15) is 0 Å². The van der Waals surface area contributed by atoms with Crippen molar-refractivity contribution in [2.75, 3.05) is 11.4 Å². The lowest BCUT2D eigenvalue weighted by Gasteiger charge is -2.17. The van der Waals surface area contributed by atoms with Gasteiger partial charge in [0, 0.05) is 17.8 Å². The number of amides is 1. The van der Waals surface area contributed by atoms with Crippen LogP contribution in [0.5, 0.6) is 0 Å². The Balaban J connectivity index is 1.50. The number of hydrogen-bond donors (Lipinski definition) is 1. The molecule has 0 unspecified atom stereocenters. The van der Waals surface area contributed by atoms with Gasteiger partial charge in [-0.05, 0) is 54.4 Å². The summed E-state index contributed by atoms with van der Waals surface area (Å²) in [4.78, 5) is 14.6. The number of para-hydroxylation sites is 1. The van der Waals surface area contributed by atoms with E-state index in [1.807, 2.05) is 24.3 Å². The number of fused-ring (bicyclic) bond motifs is 1. The second-order valence-electron chi connectivity index (χ2n) is 6.26. The summed E-state index contributed by atoms with van der Waals surface area (Å²) in [5.41, 5.74) is 2.52. The molecule has 0 radical (unpaired) electrons. The quantitative estimate of drug-likeness (QED) is 0.736. The predicted octanol–water partition coefficient (Wildman–Crippen LogP) is 2.96. The molecule has 1 aliphatic rings. The molecule has 0 aliphatic carbocycles. The average molecular weight is 382 g/mol. The Labute approximate surface area is 157 Å². The molecule has 2 heterocycles. The van der Waals surface area contributed by atoms with Crippen LogP contribution < -0.4 is 9.62 Å². The Morgan fingerprint density at radius 3 is 2.56 bits per heavy atom. The number of carbonyl (C=O) groups is 1. The first-order valence-corrected chi connectivity index (χ1v) is 10.0. The van der Waals surface area contributed by atoms with Crippen LogP contribution in [-0.2, 0) is 23.0 Å². The van der Waals surface area contributed by atoms with E-state index in [2.05, 4.69) is 4.72 Å². The van der Waals surface area contributed by atoms with Gasteiger partial charge in [0.05, 0.1) is 17.7 Å². The molecular formula is C20H18N2O4S. The second-order valence-corrected chi connectivity index (χ2v) is 8.03. The van der Waals surface area contributed by atoms with E-state index in [-0.39, 0.29) is 17.3 Å². The van der Waals surface area contributed by atoms with Gasteiger partial charge in [0.2, 0.25) is 10.0 Å². The monoisotopic (exact) mass is 382 g/mol. The molecule has 7 heteroatoms. The van der Waals surface area contributed by atoms with Gasteiger partial charge in [0.25, 0.3) is 5.91 Å². The molecule has 1 aromatic heterocycles. The summed E-state index contributed by atoms with van der Waals surface area (Å²) in [7, 11) is -3.68. The molecule has 0 spiro atoms. The molecule has 4 rings (SSSR count). The van der Waals surface area contributed by atoms with Gasteiger partial charge in [-0.1, -0.05) is 18.2 Å². The van der Waals surface area contributed by atoms with Crippen molar-refractivity contribution in [3.8, 4) is 0 Å². The molecule has 27 heavy (non-hydrogen) atoms. The molecule has 0 fully saturated rings. The maximum atomic E-state index is 12.8. The van der Waals surface area contributed by atoms with E-state index < -0.39 is 10.0 Å². The molecule has 3 aromatic rings. The topological polar surface area (TPSA) is 79.6 Å². The predicted molar refractivity (Wildman–Crippen MR) is 101 cm³/mol. The van der Waals surface area contributed by atoms with E-state index in [0.717, 1.165) is 17.7 Å². The van der Waals surface area contributed by atoms with Crippen LogP contribution in [0.15, 0.2) is 76.2 Å². The number of rotatable bonds is 5. The van der Waals surface area contributed by atoms with Crippen molar-refractivity contribution in [3.63, 3.8) is 0 Å². The molecule has 0 saturated carbocycles. The number of nitrogens with one attached hydrogen (secondary N) is 1. The van der Waals surface area contributed by atoms with Crippen molar-refractivity contribution in [3.05, 3.63) is 83.8 Å². The van der Waals surface area contributed by atoms with Gasteiger partial charge in [-0.15, -0.1) is 0 Å². The number of benzene rings is 2. The highest BCUT2D eigenvalue weighted by molar-refractivity contribution is 7.89. The molecule has 0 saturated heterocycles. The Morgan fingerprint density at radius 1 is 1.04 bits per heavy atom. The molecule has 0 bridgehead atoms. The zero-order valence-electron chi connectivity index (χ0n) is 14.5. The van der Waals surface area contributed by atoms with E-state index in [9.17, 15) is 13.2 Å². The molecule has 6 nitrogen and oxygen atoms in total. The zero-order valence-corrected chi connectivity index (χ0v) is 15.3. The van der Waals surface area contributed by atoms with Gasteiger partial charge >= 0.3 is 0 Å². The third-order valence-corrected chi connectivity index (χ3v) is 5.98. The largest absolute Gasteiger partial charge is 0.468 e. The first-order valence-electron chi connectivity index (χ1n) is 8.56. The zero-order chi connectivity index (χ0) is 18.9. The van der Waals surface area contributed by atoms with E-state index in [1.165, 1.54) is 18.4 Å². The maximum Gasteiger partial charge on any atom is 0.258 e. The molecule has 1 N–H and O–H groups in total. The molecular weight excluding hydrogens is 364 g/mol. The Bertz CT molecular complexity index is 1060. The number of hydrogen-bond acceptors (Lipinski definition) is 4. The molecule has 1 amide bonds. The van der Waals surface area contributed by atoms with E-state index in [0.29, 0.717) is 17.9 Å². The summed E-state index contributed by atoms with van der Waals surface area (Å²) >= 11 is 0. The van der Waals surface area contributed by atoms with Crippen molar-refractivity contribution in [1.82, 2.24) is 4.72 Å². The molecule has 2 aromatic carbocycles. The van der Waals surface area contributed by atoms with Crippen LogP contribution in [0.3, 0.4) is 0 Å². The summed E-state index contributed by atoms with van der Waals surface area (Å²) in [6.07, 6.45) is 2.31. The van der Waals surface area contributed by atoms with Gasteiger partial charge in [-0.25, -0.2) is 13.1 Å². The van der Waals surface area contributed by atoms with Gasteiger partial charge in [-0.3, -0.25) is 4.79 Å². The second kappa shape index (κ2) is 7.02. The standard InChI is InChI=1S/C20H18N2O4S/c23-20(22-12-11-15-4-1-2-6-19(15)22)16-7-9-18(10-8-16)27(24,25)21-14-17-5-3-13-26-17/h1-10,13,21H,11-12,14H2. The van der Waals surface area contributed by atoms with Crippen LogP contribution in [0.1, 0.15) is 21.7 Å². The Kier molecular flexibility index (Phi) is 4.55. The van der Waals surface area contributed by atoms with Gasteiger partial charge < -0.3 is 9.32 Å². The van der Waals surface area contributed by atoms with Crippen LogP contribution >= 0.6 is 0 Å². The number of furan rings is 1. The number of carbonyl (C=O) groups excluding carboxylic acids is 1.